The van der Waals surface area contributed by atoms with Gasteiger partial charge in [-0.05, 0) is 41.3 Å². The van der Waals surface area contributed by atoms with Gasteiger partial charge in [-0.3, -0.25) is 9.69 Å². The number of carboxylic acid groups (broad SMARTS) is 1. The first-order valence-electron chi connectivity index (χ1n) is 9.58. The Morgan fingerprint density at radius 2 is 2.13 bits per heavy atom. The summed E-state index contributed by atoms with van der Waals surface area (Å²) in [5.74, 6) is -1.66. The lowest BCUT2D eigenvalue weighted by atomic mass is 9.84. The second-order valence-corrected chi connectivity index (χ2v) is 8.12. The molecule has 2 saturated heterocycles. The molecule has 4 heterocycles. The van der Waals surface area contributed by atoms with E-state index in [2.05, 4.69) is 32.2 Å². The quantitative estimate of drug-likeness (QED) is 0.705. The van der Waals surface area contributed by atoms with Crippen LogP contribution in [-0.4, -0.2) is 65.6 Å². The van der Waals surface area contributed by atoms with Gasteiger partial charge in [0.05, 0.1) is 18.9 Å². The number of ether oxygens (including phenoxy) is 1. The third-order valence-electron chi connectivity index (χ3n) is 5.25. The molecule has 2 aliphatic rings. The van der Waals surface area contributed by atoms with Gasteiger partial charge in [-0.25, -0.2) is 4.79 Å². The van der Waals surface area contributed by atoms with Crippen molar-refractivity contribution in [3.63, 3.8) is 0 Å². The third kappa shape index (κ3) is 6.52. The van der Waals surface area contributed by atoms with Gasteiger partial charge in [-0.1, -0.05) is 5.16 Å². The van der Waals surface area contributed by atoms with Crippen LogP contribution in [0.3, 0.4) is 0 Å². The van der Waals surface area contributed by atoms with E-state index in [4.69, 9.17) is 19.2 Å². The van der Waals surface area contributed by atoms with Crippen molar-refractivity contribution < 1.29 is 37.1 Å². The molecule has 2 aromatic heterocycles. The molecule has 0 saturated carbocycles. The fraction of sp³-hybridized carbons (Fsp3) is 0.526. The summed E-state index contributed by atoms with van der Waals surface area (Å²) in [6, 6.07) is 3.76. The highest BCUT2D eigenvalue weighted by atomic mass is 32.1. The fourth-order valence-electron chi connectivity index (χ4n) is 3.71. The summed E-state index contributed by atoms with van der Waals surface area (Å²) < 4.78 is 42.6. The highest BCUT2D eigenvalue weighted by Crippen LogP contribution is 2.34. The SMILES string of the molecule is O=C(NC[C@H]1OC[C@@H]2CCN(Cc3ccsc3)C[C@@H]21)c1ccno1.O=C(O)C(F)(F)F. The molecule has 2 N–H and O–H groups in total. The van der Waals surface area contributed by atoms with Gasteiger partial charge >= 0.3 is 12.1 Å². The number of fused-ring (bicyclic) bond motifs is 1. The predicted molar refractivity (Wildman–Crippen MR) is 103 cm³/mol. The standard InChI is InChI=1S/C17H21N3O3S.C2HF3O2/c21-17(15-1-4-19-23-15)18-7-16-14-9-20(5-2-13(14)10-22-16)8-12-3-6-24-11-12;3-2(4,5)1(6)7/h1,3-4,6,11,13-14,16H,2,5,7-10H2,(H,18,21);(H,6,7)/t13-,14-,16+;/m0./s1. The van der Waals surface area contributed by atoms with Crippen molar-refractivity contribution in [3.8, 4) is 0 Å². The van der Waals surface area contributed by atoms with E-state index in [0.717, 1.165) is 26.2 Å². The Bertz CT molecular complexity index is 845. The summed E-state index contributed by atoms with van der Waals surface area (Å²) in [4.78, 5) is 23.4. The zero-order valence-electron chi connectivity index (χ0n) is 16.4. The molecule has 2 aliphatic heterocycles. The number of nitrogens with one attached hydrogen (secondary N) is 1. The maximum absolute atomic E-state index is 12.0. The Hall–Kier alpha value is -2.44. The lowest BCUT2D eigenvalue weighted by Gasteiger charge is -2.35. The summed E-state index contributed by atoms with van der Waals surface area (Å²) >= 11 is 1.75. The number of hydrogen-bond acceptors (Lipinski definition) is 7. The number of alkyl halides is 3. The molecule has 0 aliphatic carbocycles. The summed E-state index contributed by atoms with van der Waals surface area (Å²) in [6.45, 7) is 4.48. The first kappa shape index (κ1) is 23.2. The third-order valence-corrected chi connectivity index (χ3v) is 5.98. The molecule has 0 unspecified atom stereocenters. The van der Waals surface area contributed by atoms with E-state index in [1.54, 1.807) is 17.4 Å². The number of amides is 1. The molecule has 2 aromatic rings. The molecule has 170 valence electrons. The molecule has 2 fully saturated rings. The highest BCUT2D eigenvalue weighted by Gasteiger charge is 2.41. The van der Waals surface area contributed by atoms with Crippen LogP contribution in [0.5, 0.6) is 0 Å². The van der Waals surface area contributed by atoms with Crippen LogP contribution in [0.4, 0.5) is 13.2 Å². The number of piperidine rings is 1. The van der Waals surface area contributed by atoms with E-state index in [0.29, 0.717) is 18.4 Å². The van der Waals surface area contributed by atoms with E-state index >= 15 is 0 Å². The normalized spacial score (nSPS) is 23.5. The Kier molecular flexibility index (Phi) is 7.68. The number of nitrogens with zero attached hydrogens (tertiary/aromatic N) is 2. The van der Waals surface area contributed by atoms with Gasteiger partial charge in [0.25, 0.3) is 5.91 Å². The van der Waals surface area contributed by atoms with Crippen molar-refractivity contribution in [2.75, 3.05) is 26.2 Å². The van der Waals surface area contributed by atoms with Gasteiger partial charge in [-0.15, -0.1) is 0 Å². The predicted octanol–water partition coefficient (Wildman–Crippen LogP) is 2.64. The van der Waals surface area contributed by atoms with Crippen LogP contribution in [0.25, 0.3) is 0 Å². The van der Waals surface area contributed by atoms with Crippen LogP contribution in [0.15, 0.2) is 33.6 Å². The van der Waals surface area contributed by atoms with Crippen LogP contribution >= 0.6 is 11.3 Å². The molecule has 0 radical (unpaired) electrons. The van der Waals surface area contributed by atoms with E-state index in [1.165, 1.54) is 18.2 Å². The molecule has 0 spiro atoms. The number of rotatable bonds is 5. The average Bonchev–Trinajstić information content (AvgIpc) is 3.48. The number of likely N-dealkylation sites (tertiary alicyclic amines) is 1. The zero-order chi connectivity index (χ0) is 22.4. The van der Waals surface area contributed by atoms with E-state index < -0.39 is 12.1 Å². The molecular formula is C19H22F3N3O5S. The molecule has 31 heavy (non-hydrogen) atoms. The lowest BCUT2D eigenvalue weighted by Crippen LogP contribution is -2.45. The van der Waals surface area contributed by atoms with Gasteiger partial charge < -0.3 is 19.7 Å². The first-order chi connectivity index (χ1) is 14.7. The molecule has 4 rings (SSSR count). The van der Waals surface area contributed by atoms with Crippen LogP contribution in [0.1, 0.15) is 22.5 Å². The highest BCUT2D eigenvalue weighted by molar-refractivity contribution is 7.07. The number of thiophene rings is 1. The molecule has 0 bridgehead atoms. The van der Waals surface area contributed by atoms with Gasteiger partial charge in [0.1, 0.15) is 0 Å². The van der Waals surface area contributed by atoms with Crippen molar-refractivity contribution in [3.05, 3.63) is 40.4 Å². The van der Waals surface area contributed by atoms with E-state index in [9.17, 15) is 18.0 Å². The molecule has 0 aromatic carbocycles. The minimum atomic E-state index is -5.08. The van der Waals surface area contributed by atoms with Crippen LogP contribution < -0.4 is 5.32 Å². The summed E-state index contributed by atoms with van der Waals surface area (Å²) in [5, 5.41) is 17.9. The Morgan fingerprint density at radius 1 is 1.35 bits per heavy atom. The molecule has 12 heteroatoms. The number of aromatic nitrogens is 1. The first-order valence-corrected chi connectivity index (χ1v) is 10.5. The second kappa shape index (κ2) is 10.2. The van der Waals surface area contributed by atoms with Crippen molar-refractivity contribution in [2.24, 2.45) is 11.8 Å². The lowest BCUT2D eigenvalue weighted by molar-refractivity contribution is -0.192. The van der Waals surface area contributed by atoms with E-state index in [-0.39, 0.29) is 17.8 Å². The molecule has 3 atom stereocenters. The van der Waals surface area contributed by atoms with Crippen molar-refractivity contribution in [1.82, 2.24) is 15.4 Å². The molecule has 8 nitrogen and oxygen atoms in total. The van der Waals surface area contributed by atoms with Crippen molar-refractivity contribution >= 4 is 23.2 Å². The minimum Gasteiger partial charge on any atom is -0.475 e. The van der Waals surface area contributed by atoms with Crippen LogP contribution in [0, 0.1) is 11.8 Å². The van der Waals surface area contributed by atoms with E-state index in [1.807, 2.05) is 0 Å². The summed E-state index contributed by atoms with van der Waals surface area (Å²) in [5.41, 5.74) is 1.38. The average molecular weight is 461 g/mol. The van der Waals surface area contributed by atoms with Gasteiger partial charge in [-0.2, -0.15) is 24.5 Å². The number of carboxylic acids is 1. The Labute approximate surface area is 180 Å². The van der Waals surface area contributed by atoms with Crippen molar-refractivity contribution in [1.29, 1.82) is 0 Å². The number of carbonyl (C=O) groups excluding carboxylic acids is 1. The Balaban J connectivity index is 0.000000339. The van der Waals surface area contributed by atoms with Crippen LogP contribution in [0.2, 0.25) is 0 Å². The number of halogens is 3. The van der Waals surface area contributed by atoms with Crippen molar-refractivity contribution in [2.45, 2.75) is 25.2 Å². The zero-order valence-corrected chi connectivity index (χ0v) is 17.2. The summed E-state index contributed by atoms with van der Waals surface area (Å²) in [7, 11) is 0. The van der Waals surface area contributed by atoms with Gasteiger partial charge in [0.15, 0.2) is 0 Å². The van der Waals surface area contributed by atoms with Gasteiger partial charge in [0.2, 0.25) is 5.76 Å². The fourth-order valence-corrected chi connectivity index (χ4v) is 4.37. The molecule has 1 amide bonds. The number of hydrogen-bond donors (Lipinski definition) is 2. The molecular weight excluding hydrogens is 439 g/mol. The minimum absolute atomic E-state index is 0.0761. The second-order valence-electron chi connectivity index (χ2n) is 7.34. The largest absolute Gasteiger partial charge is 0.490 e. The topological polar surface area (TPSA) is 105 Å². The smallest absolute Gasteiger partial charge is 0.475 e. The Morgan fingerprint density at radius 3 is 2.74 bits per heavy atom. The number of carbonyl (C=O) groups is 2. The maximum atomic E-state index is 12.0. The van der Waals surface area contributed by atoms with Crippen LogP contribution in [-0.2, 0) is 16.1 Å². The summed E-state index contributed by atoms with van der Waals surface area (Å²) in [6.07, 6.45) is -2.37. The van der Waals surface area contributed by atoms with Gasteiger partial charge in [0, 0.05) is 31.6 Å². The maximum Gasteiger partial charge on any atom is 0.490 e. The number of aliphatic carboxylic acids is 1. The monoisotopic (exact) mass is 461 g/mol.